The number of benzene rings is 1. The number of para-hydroxylation sites is 1. The maximum atomic E-state index is 5.97. The molecule has 2 heterocycles. The molecule has 1 atom stereocenters. The van der Waals surface area contributed by atoms with E-state index >= 15 is 0 Å². The van der Waals surface area contributed by atoms with Crippen molar-refractivity contribution in [3.8, 4) is 0 Å². The summed E-state index contributed by atoms with van der Waals surface area (Å²) in [6, 6.07) is 12.3. The molecule has 0 spiro atoms. The highest BCUT2D eigenvalue weighted by Gasteiger charge is 2.07. The van der Waals surface area contributed by atoms with Crippen LogP contribution in [0.4, 0.5) is 0 Å². The van der Waals surface area contributed by atoms with E-state index in [1.807, 2.05) is 30.5 Å². The Morgan fingerprint density at radius 1 is 1.25 bits per heavy atom. The second-order valence-corrected chi connectivity index (χ2v) is 6.83. The highest BCUT2D eigenvalue weighted by Crippen LogP contribution is 2.34. The van der Waals surface area contributed by atoms with E-state index < -0.39 is 0 Å². The first kappa shape index (κ1) is 13.5. The van der Waals surface area contributed by atoms with E-state index in [0.717, 1.165) is 26.9 Å². The minimum atomic E-state index is 0.0245. The molecule has 0 aliphatic heterocycles. The Hall–Kier alpha value is -1.43. The molecule has 0 radical (unpaired) electrons. The van der Waals surface area contributed by atoms with Gasteiger partial charge in [-0.15, -0.1) is 11.3 Å². The number of fused-ring (bicyclic) bond motifs is 1. The Morgan fingerprint density at radius 2 is 2.10 bits per heavy atom. The molecule has 3 nitrogen and oxygen atoms in total. The molecule has 0 saturated carbocycles. The van der Waals surface area contributed by atoms with E-state index in [0.29, 0.717) is 0 Å². The lowest BCUT2D eigenvalue weighted by Crippen LogP contribution is -2.10. The number of rotatable bonds is 4. The largest absolute Gasteiger partial charge is 0.323 e. The second-order valence-electron chi connectivity index (χ2n) is 4.48. The molecule has 2 N–H and O–H groups in total. The van der Waals surface area contributed by atoms with Crippen molar-refractivity contribution in [2.45, 2.75) is 28.6 Å². The molecule has 5 heteroatoms. The van der Waals surface area contributed by atoms with E-state index in [4.69, 9.17) is 5.73 Å². The van der Waals surface area contributed by atoms with Crippen molar-refractivity contribution in [3.63, 3.8) is 0 Å². The van der Waals surface area contributed by atoms with Crippen LogP contribution < -0.4 is 5.73 Å². The van der Waals surface area contributed by atoms with Gasteiger partial charge < -0.3 is 5.73 Å². The van der Waals surface area contributed by atoms with Crippen LogP contribution in [0.25, 0.3) is 10.2 Å². The van der Waals surface area contributed by atoms with E-state index in [1.54, 1.807) is 23.1 Å². The molecule has 0 amide bonds. The lowest BCUT2D eigenvalue weighted by atomic mass is 10.1. The number of hydrogen-bond acceptors (Lipinski definition) is 5. The Kier molecular flexibility index (Phi) is 4.00. The maximum Gasteiger partial charge on any atom is 0.155 e. The van der Waals surface area contributed by atoms with E-state index in [-0.39, 0.29) is 6.04 Å². The van der Waals surface area contributed by atoms with Gasteiger partial charge in [-0.25, -0.2) is 4.98 Å². The fourth-order valence-corrected chi connectivity index (χ4v) is 3.88. The molecule has 0 aliphatic rings. The van der Waals surface area contributed by atoms with E-state index in [1.165, 1.54) is 4.70 Å². The van der Waals surface area contributed by atoms with E-state index in [9.17, 15) is 0 Å². The van der Waals surface area contributed by atoms with Gasteiger partial charge in [-0.05, 0) is 30.7 Å². The minimum absolute atomic E-state index is 0.0245. The van der Waals surface area contributed by atoms with Gasteiger partial charge in [-0.1, -0.05) is 30.8 Å². The molecule has 20 heavy (non-hydrogen) atoms. The van der Waals surface area contributed by atoms with Crippen LogP contribution in [0.2, 0.25) is 0 Å². The van der Waals surface area contributed by atoms with Crippen molar-refractivity contribution in [1.82, 2.24) is 9.97 Å². The Balaban J connectivity index is 1.80. The van der Waals surface area contributed by atoms with Gasteiger partial charge in [0.25, 0.3) is 0 Å². The van der Waals surface area contributed by atoms with Crippen molar-refractivity contribution in [2.75, 3.05) is 0 Å². The zero-order valence-electron chi connectivity index (χ0n) is 11.1. The summed E-state index contributed by atoms with van der Waals surface area (Å²) in [6.45, 7) is 2.07. The Labute approximate surface area is 126 Å². The number of hydrogen-bond donors (Lipinski definition) is 1. The van der Waals surface area contributed by atoms with Gasteiger partial charge in [-0.3, -0.25) is 4.98 Å². The third kappa shape index (κ3) is 2.85. The maximum absolute atomic E-state index is 5.97. The lowest BCUT2D eigenvalue weighted by molar-refractivity contribution is 0.674. The normalized spacial score (nSPS) is 12.7. The summed E-state index contributed by atoms with van der Waals surface area (Å²) in [4.78, 5) is 10.1. The fraction of sp³-hybridized carbons (Fsp3) is 0.200. The molecule has 3 rings (SSSR count). The molecule has 0 saturated heterocycles. The van der Waals surface area contributed by atoms with Crippen molar-refractivity contribution in [3.05, 3.63) is 48.3 Å². The van der Waals surface area contributed by atoms with Crippen LogP contribution in [0.3, 0.4) is 0 Å². The van der Waals surface area contributed by atoms with Crippen molar-refractivity contribution >= 4 is 33.3 Å². The molecule has 1 unspecified atom stereocenters. The third-order valence-electron chi connectivity index (χ3n) is 3.06. The van der Waals surface area contributed by atoms with Gasteiger partial charge in [0.2, 0.25) is 0 Å². The van der Waals surface area contributed by atoms with Crippen molar-refractivity contribution < 1.29 is 0 Å². The smallest absolute Gasteiger partial charge is 0.155 e. The summed E-state index contributed by atoms with van der Waals surface area (Å²) in [7, 11) is 0. The highest BCUT2D eigenvalue weighted by atomic mass is 32.2. The van der Waals surface area contributed by atoms with Gasteiger partial charge in [0.05, 0.1) is 15.9 Å². The second kappa shape index (κ2) is 5.91. The summed E-state index contributed by atoms with van der Waals surface area (Å²) >= 11 is 3.35. The average Bonchev–Trinajstić information content (AvgIpc) is 2.89. The summed E-state index contributed by atoms with van der Waals surface area (Å²) in [5.41, 5.74) is 7.97. The van der Waals surface area contributed by atoms with Crippen LogP contribution in [-0.2, 0) is 0 Å². The number of aromatic nitrogens is 2. The van der Waals surface area contributed by atoms with Gasteiger partial charge in [-0.2, -0.15) is 0 Å². The monoisotopic (exact) mass is 301 g/mol. The first-order valence-corrected chi connectivity index (χ1v) is 8.14. The van der Waals surface area contributed by atoms with Crippen LogP contribution in [0.15, 0.2) is 51.8 Å². The first-order chi connectivity index (χ1) is 9.76. The Bertz CT molecular complexity index is 673. The average molecular weight is 301 g/mol. The molecule has 102 valence electrons. The molecule has 0 bridgehead atoms. The highest BCUT2D eigenvalue weighted by molar-refractivity contribution is 8.01. The van der Waals surface area contributed by atoms with Crippen LogP contribution in [-0.4, -0.2) is 9.97 Å². The summed E-state index contributed by atoms with van der Waals surface area (Å²) in [5.74, 6) is 0. The fourth-order valence-electron chi connectivity index (χ4n) is 1.88. The zero-order valence-corrected chi connectivity index (χ0v) is 12.7. The van der Waals surface area contributed by atoms with Crippen molar-refractivity contribution in [2.24, 2.45) is 5.73 Å². The van der Waals surface area contributed by atoms with E-state index in [2.05, 4.69) is 29.0 Å². The third-order valence-corrected chi connectivity index (χ3v) is 5.13. The zero-order chi connectivity index (χ0) is 13.9. The van der Waals surface area contributed by atoms with Gasteiger partial charge in [0, 0.05) is 17.1 Å². The molecule has 0 aliphatic carbocycles. The van der Waals surface area contributed by atoms with Crippen LogP contribution in [0, 0.1) is 0 Å². The van der Waals surface area contributed by atoms with Crippen LogP contribution in [0.1, 0.15) is 25.1 Å². The Morgan fingerprint density at radius 3 is 2.80 bits per heavy atom. The number of pyridine rings is 1. The number of nitrogens with zero attached hydrogens (tertiary/aromatic N) is 2. The first-order valence-electron chi connectivity index (χ1n) is 6.51. The standard InChI is InChI=1S/C15H15N3S2/c1-2-11(16)12-8-7-10(9-17-12)19-15-18-13-5-3-4-6-14(13)20-15/h3-9,11H,2,16H2,1H3. The molecule has 2 aromatic heterocycles. The predicted molar refractivity (Wildman–Crippen MR) is 85.2 cm³/mol. The summed E-state index contributed by atoms with van der Waals surface area (Å²) in [5, 5.41) is 0. The molecular formula is C15H15N3S2. The number of thiazole rings is 1. The summed E-state index contributed by atoms with van der Waals surface area (Å²) in [6.07, 6.45) is 2.78. The van der Waals surface area contributed by atoms with Gasteiger partial charge in [0.15, 0.2) is 4.34 Å². The minimum Gasteiger partial charge on any atom is -0.323 e. The van der Waals surface area contributed by atoms with Crippen LogP contribution in [0.5, 0.6) is 0 Å². The SMILES string of the molecule is CCC(N)c1ccc(Sc2nc3ccccc3s2)cn1. The molecular weight excluding hydrogens is 286 g/mol. The van der Waals surface area contributed by atoms with Crippen molar-refractivity contribution in [1.29, 1.82) is 0 Å². The topological polar surface area (TPSA) is 51.8 Å². The molecule has 1 aromatic carbocycles. The van der Waals surface area contributed by atoms with Crippen LogP contribution >= 0.6 is 23.1 Å². The summed E-state index contributed by atoms with van der Waals surface area (Å²) < 4.78 is 2.26. The van der Waals surface area contributed by atoms with Gasteiger partial charge >= 0.3 is 0 Å². The quantitative estimate of drug-likeness (QED) is 0.782. The number of nitrogens with two attached hydrogens (primary N) is 1. The lowest BCUT2D eigenvalue weighted by Gasteiger charge is -2.07. The molecule has 3 aromatic rings. The molecule has 0 fully saturated rings. The van der Waals surface area contributed by atoms with Gasteiger partial charge in [0.1, 0.15) is 0 Å². The predicted octanol–water partition coefficient (Wildman–Crippen LogP) is 4.25.